The van der Waals surface area contributed by atoms with Crippen molar-refractivity contribution in [2.75, 3.05) is 0 Å². The van der Waals surface area contributed by atoms with Crippen LogP contribution in [0.2, 0.25) is 0 Å². The molecule has 0 heterocycles. The lowest BCUT2D eigenvalue weighted by Crippen LogP contribution is -1.95. The summed E-state index contributed by atoms with van der Waals surface area (Å²) in [6.45, 7) is 4.61. The maximum absolute atomic E-state index is 2.32. The van der Waals surface area contributed by atoms with Gasteiger partial charge >= 0.3 is 0 Å². The molecule has 1 saturated carbocycles. The molecule has 1 aliphatic carbocycles. The van der Waals surface area contributed by atoms with Gasteiger partial charge in [-0.15, -0.1) is 0 Å². The minimum absolute atomic E-state index is 0.842. The lowest BCUT2D eigenvalue weighted by Gasteiger charge is -2.07. The van der Waals surface area contributed by atoms with Crippen molar-refractivity contribution in [2.45, 2.75) is 46.0 Å². The van der Waals surface area contributed by atoms with E-state index in [0.29, 0.717) is 0 Å². The fourth-order valence-corrected chi connectivity index (χ4v) is 1.49. The van der Waals surface area contributed by atoms with Crippen LogP contribution in [-0.2, 0) is 0 Å². The van der Waals surface area contributed by atoms with E-state index in [1.165, 1.54) is 32.1 Å². The summed E-state index contributed by atoms with van der Waals surface area (Å²) < 4.78 is 0. The van der Waals surface area contributed by atoms with Crippen molar-refractivity contribution < 1.29 is 0 Å². The van der Waals surface area contributed by atoms with Crippen molar-refractivity contribution in [3.8, 4) is 0 Å². The Bertz CT molecular complexity index is 70.1. The van der Waals surface area contributed by atoms with Gasteiger partial charge in [-0.25, -0.2) is 0 Å². The Kier molecular flexibility index (Phi) is 1.59. The molecule has 1 fully saturated rings. The zero-order valence-electron chi connectivity index (χ0n) is 6.04. The lowest BCUT2D eigenvalue weighted by atomic mass is 9.98. The van der Waals surface area contributed by atoms with Crippen LogP contribution in [-0.4, -0.2) is 0 Å². The van der Waals surface area contributed by atoms with Gasteiger partial charge in [0.1, 0.15) is 0 Å². The SMILES string of the molecule is CCCC1(CC)CC1. The second-order valence-corrected chi connectivity index (χ2v) is 3.10. The van der Waals surface area contributed by atoms with Gasteiger partial charge in [-0.2, -0.15) is 0 Å². The molecule has 0 amide bonds. The highest BCUT2D eigenvalue weighted by molar-refractivity contribution is 4.90. The third kappa shape index (κ3) is 1.04. The van der Waals surface area contributed by atoms with Crippen molar-refractivity contribution in [1.29, 1.82) is 0 Å². The third-order valence-electron chi connectivity index (χ3n) is 2.49. The summed E-state index contributed by atoms with van der Waals surface area (Å²) in [4.78, 5) is 0. The quantitative estimate of drug-likeness (QED) is 0.526. The minimum Gasteiger partial charge on any atom is -0.0654 e. The standard InChI is InChI=1S/C8H16/c1-3-5-8(4-2)6-7-8/h3-7H2,1-2H3. The molecule has 0 aromatic carbocycles. The second-order valence-electron chi connectivity index (χ2n) is 3.10. The van der Waals surface area contributed by atoms with Crippen LogP contribution < -0.4 is 0 Å². The number of hydrogen-bond donors (Lipinski definition) is 0. The Morgan fingerprint density at radius 3 is 2.00 bits per heavy atom. The minimum atomic E-state index is 0.842. The van der Waals surface area contributed by atoms with Gasteiger partial charge in [0.05, 0.1) is 0 Å². The molecule has 0 N–H and O–H groups in total. The lowest BCUT2D eigenvalue weighted by molar-refractivity contribution is 0.444. The summed E-state index contributed by atoms with van der Waals surface area (Å²) in [7, 11) is 0. The normalized spacial score (nSPS) is 23.2. The molecule has 0 unspecified atom stereocenters. The molecule has 0 heteroatoms. The van der Waals surface area contributed by atoms with Crippen molar-refractivity contribution in [1.82, 2.24) is 0 Å². The summed E-state index contributed by atoms with van der Waals surface area (Å²) in [6.07, 6.45) is 7.30. The molecule has 0 radical (unpaired) electrons. The predicted octanol–water partition coefficient (Wildman–Crippen LogP) is 2.98. The zero-order valence-corrected chi connectivity index (χ0v) is 6.04. The first kappa shape index (κ1) is 6.12. The topological polar surface area (TPSA) is 0 Å². The number of hydrogen-bond acceptors (Lipinski definition) is 0. The smallest absolute Gasteiger partial charge is 0.0300 e. The summed E-state index contributed by atoms with van der Waals surface area (Å²) in [6, 6.07) is 0. The first-order valence-electron chi connectivity index (χ1n) is 3.83. The highest BCUT2D eigenvalue weighted by Crippen LogP contribution is 2.52. The summed E-state index contributed by atoms with van der Waals surface area (Å²) in [5.41, 5.74) is 0.842. The molecule has 0 aromatic rings. The van der Waals surface area contributed by atoms with Crippen molar-refractivity contribution in [2.24, 2.45) is 5.41 Å². The molecule has 0 nitrogen and oxygen atoms in total. The molecule has 0 bridgehead atoms. The number of rotatable bonds is 3. The average molecular weight is 112 g/mol. The Balaban J connectivity index is 2.20. The predicted molar refractivity (Wildman–Crippen MR) is 36.9 cm³/mol. The van der Waals surface area contributed by atoms with Gasteiger partial charge in [0.2, 0.25) is 0 Å². The molecule has 1 rings (SSSR count). The van der Waals surface area contributed by atoms with Crippen LogP contribution in [0.25, 0.3) is 0 Å². The van der Waals surface area contributed by atoms with Gasteiger partial charge in [-0.05, 0) is 24.7 Å². The van der Waals surface area contributed by atoms with Crippen LogP contribution in [0.3, 0.4) is 0 Å². The van der Waals surface area contributed by atoms with E-state index in [1.807, 2.05) is 0 Å². The van der Waals surface area contributed by atoms with E-state index in [9.17, 15) is 0 Å². The molecule has 0 spiro atoms. The third-order valence-corrected chi connectivity index (χ3v) is 2.49. The van der Waals surface area contributed by atoms with Crippen molar-refractivity contribution >= 4 is 0 Å². The van der Waals surface area contributed by atoms with Gasteiger partial charge in [0.25, 0.3) is 0 Å². The molecule has 8 heavy (non-hydrogen) atoms. The maximum atomic E-state index is 2.32. The Labute approximate surface area is 52.3 Å². The maximum Gasteiger partial charge on any atom is -0.0300 e. The molecular weight excluding hydrogens is 96.1 g/mol. The Morgan fingerprint density at radius 1 is 1.25 bits per heavy atom. The zero-order chi connectivity index (χ0) is 6.04. The van der Waals surface area contributed by atoms with Gasteiger partial charge < -0.3 is 0 Å². The van der Waals surface area contributed by atoms with Gasteiger partial charge in [0, 0.05) is 0 Å². The fourth-order valence-electron chi connectivity index (χ4n) is 1.49. The van der Waals surface area contributed by atoms with Crippen LogP contribution >= 0.6 is 0 Å². The van der Waals surface area contributed by atoms with Gasteiger partial charge in [-0.3, -0.25) is 0 Å². The summed E-state index contributed by atoms with van der Waals surface area (Å²) in [5, 5.41) is 0. The fraction of sp³-hybridized carbons (Fsp3) is 1.00. The monoisotopic (exact) mass is 112 g/mol. The van der Waals surface area contributed by atoms with Gasteiger partial charge in [0.15, 0.2) is 0 Å². The molecule has 0 aromatic heterocycles. The van der Waals surface area contributed by atoms with Crippen LogP contribution in [0, 0.1) is 5.41 Å². The largest absolute Gasteiger partial charge is 0.0654 e. The average Bonchev–Trinajstić information content (AvgIpc) is 2.50. The van der Waals surface area contributed by atoms with E-state index in [2.05, 4.69) is 13.8 Å². The van der Waals surface area contributed by atoms with E-state index in [1.54, 1.807) is 0 Å². The summed E-state index contributed by atoms with van der Waals surface area (Å²) in [5.74, 6) is 0. The Morgan fingerprint density at radius 2 is 1.88 bits per heavy atom. The first-order chi connectivity index (χ1) is 3.83. The van der Waals surface area contributed by atoms with Crippen LogP contribution in [0.4, 0.5) is 0 Å². The highest BCUT2D eigenvalue weighted by atomic mass is 14.4. The van der Waals surface area contributed by atoms with Gasteiger partial charge in [-0.1, -0.05) is 26.7 Å². The first-order valence-corrected chi connectivity index (χ1v) is 3.83. The molecular formula is C8H16. The van der Waals surface area contributed by atoms with Crippen molar-refractivity contribution in [3.63, 3.8) is 0 Å². The van der Waals surface area contributed by atoms with Crippen LogP contribution in [0.5, 0.6) is 0 Å². The van der Waals surface area contributed by atoms with E-state index < -0.39 is 0 Å². The molecule has 1 aliphatic rings. The van der Waals surface area contributed by atoms with Crippen LogP contribution in [0.15, 0.2) is 0 Å². The van der Waals surface area contributed by atoms with E-state index in [-0.39, 0.29) is 0 Å². The molecule has 0 aliphatic heterocycles. The Hall–Kier alpha value is 0. The summed E-state index contributed by atoms with van der Waals surface area (Å²) >= 11 is 0. The van der Waals surface area contributed by atoms with Crippen LogP contribution in [0.1, 0.15) is 46.0 Å². The second kappa shape index (κ2) is 2.08. The molecule has 0 saturated heterocycles. The van der Waals surface area contributed by atoms with E-state index >= 15 is 0 Å². The molecule has 48 valence electrons. The highest BCUT2D eigenvalue weighted by Gasteiger charge is 2.38. The molecule has 0 atom stereocenters. The van der Waals surface area contributed by atoms with E-state index in [4.69, 9.17) is 0 Å². The van der Waals surface area contributed by atoms with E-state index in [0.717, 1.165) is 5.41 Å². The van der Waals surface area contributed by atoms with Crippen molar-refractivity contribution in [3.05, 3.63) is 0 Å².